The van der Waals surface area contributed by atoms with Crippen molar-refractivity contribution in [3.8, 4) is 0 Å². The van der Waals surface area contributed by atoms with Gasteiger partial charge in [-0.15, -0.1) is 0 Å². The van der Waals surface area contributed by atoms with Gasteiger partial charge in [0, 0.05) is 37.5 Å². The predicted molar refractivity (Wildman–Crippen MR) is 58.3 cm³/mol. The van der Waals surface area contributed by atoms with Crippen LogP contribution in [0.25, 0.3) is 0 Å². The van der Waals surface area contributed by atoms with Gasteiger partial charge >= 0.3 is 0 Å². The van der Waals surface area contributed by atoms with E-state index in [4.69, 9.17) is 5.11 Å². The highest BCUT2D eigenvalue weighted by atomic mass is 16.3. The van der Waals surface area contributed by atoms with E-state index in [-0.39, 0.29) is 12.1 Å². The lowest BCUT2D eigenvalue weighted by molar-refractivity contribution is 0.130. The predicted octanol–water partition coefficient (Wildman–Crippen LogP) is 0.815. The fourth-order valence-electron chi connectivity index (χ4n) is 2.19. The van der Waals surface area contributed by atoms with Crippen LogP contribution in [0.1, 0.15) is 31.2 Å². The molecule has 0 atom stereocenters. The van der Waals surface area contributed by atoms with Gasteiger partial charge in [-0.1, -0.05) is 0 Å². The average molecular weight is 209 g/mol. The zero-order chi connectivity index (χ0) is 10.7. The summed E-state index contributed by atoms with van der Waals surface area (Å²) in [5.41, 5.74) is 1.41. The Morgan fingerprint density at radius 1 is 1.60 bits per heavy atom. The van der Waals surface area contributed by atoms with Gasteiger partial charge < -0.3 is 10.4 Å². The van der Waals surface area contributed by atoms with Crippen LogP contribution in [-0.2, 0) is 13.6 Å². The van der Waals surface area contributed by atoms with Crippen LogP contribution in [0, 0.1) is 0 Å². The van der Waals surface area contributed by atoms with Crippen molar-refractivity contribution >= 4 is 0 Å². The summed E-state index contributed by atoms with van der Waals surface area (Å²) in [6.45, 7) is 1.13. The van der Waals surface area contributed by atoms with E-state index < -0.39 is 0 Å². The third kappa shape index (κ3) is 2.38. The molecule has 0 amide bonds. The van der Waals surface area contributed by atoms with E-state index in [1.54, 1.807) is 0 Å². The van der Waals surface area contributed by atoms with Gasteiger partial charge in [0.15, 0.2) is 0 Å². The maximum atomic E-state index is 9.01. The highest BCUT2D eigenvalue weighted by molar-refractivity contribution is 5.05. The van der Waals surface area contributed by atoms with E-state index in [0.717, 1.165) is 13.0 Å². The van der Waals surface area contributed by atoms with E-state index in [1.807, 2.05) is 24.1 Å². The van der Waals surface area contributed by atoms with Crippen LogP contribution in [0.5, 0.6) is 0 Å². The molecule has 2 rings (SSSR count). The van der Waals surface area contributed by atoms with Crippen molar-refractivity contribution in [3.05, 3.63) is 18.0 Å². The first-order valence-corrected chi connectivity index (χ1v) is 5.57. The third-order valence-corrected chi connectivity index (χ3v) is 3.33. The van der Waals surface area contributed by atoms with E-state index in [0.29, 0.717) is 0 Å². The Morgan fingerprint density at radius 2 is 2.40 bits per heavy atom. The molecule has 0 unspecified atom stereocenters. The topological polar surface area (TPSA) is 50.1 Å². The van der Waals surface area contributed by atoms with E-state index in [2.05, 4.69) is 10.4 Å². The molecule has 4 heteroatoms. The first-order valence-electron chi connectivity index (χ1n) is 5.57. The van der Waals surface area contributed by atoms with Gasteiger partial charge in [0.25, 0.3) is 0 Å². The van der Waals surface area contributed by atoms with Gasteiger partial charge in [-0.05, 0) is 25.7 Å². The highest BCUT2D eigenvalue weighted by Gasteiger charge is 2.35. The maximum Gasteiger partial charge on any atom is 0.0534 e. The first-order chi connectivity index (χ1) is 7.24. The molecule has 84 valence electrons. The van der Waals surface area contributed by atoms with Crippen molar-refractivity contribution in [2.45, 2.75) is 37.8 Å². The summed E-state index contributed by atoms with van der Waals surface area (Å²) in [7, 11) is 1.93. The Kier molecular flexibility index (Phi) is 3.07. The number of nitrogens with zero attached hydrogens (tertiary/aromatic N) is 2. The lowest BCUT2D eigenvalue weighted by Gasteiger charge is -2.42. The molecular weight excluding hydrogens is 190 g/mol. The second kappa shape index (κ2) is 4.33. The Morgan fingerprint density at radius 3 is 2.87 bits per heavy atom. The van der Waals surface area contributed by atoms with Gasteiger partial charge in [-0.3, -0.25) is 4.68 Å². The smallest absolute Gasteiger partial charge is 0.0534 e. The molecular formula is C11H19N3O. The van der Waals surface area contributed by atoms with Crippen molar-refractivity contribution in [2.75, 3.05) is 6.61 Å². The van der Waals surface area contributed by atoms with Crippen LogP contribution in [0.2, 0.25) is 0 Å². The van der Waals surface area contributed by atoms with Crippen LogP contribution in [0.3, 0.4) is 0 Å². The van der Waals surface area contributed by atoms with Gasteiger partial charge in [-0.2, -0.15) is 5.10 Å². The third-order valence-electron chi connectivity index (χ3n) is 3.33. The quantitative estimate of drug-likeness (QED) is 0.754. The van der Waals surface area contributed by atoms with Crippen LogP contribution in [0.15, 0.2) is 12.4 Å². The van der Waals surface area contributed by atoms with Crippen LogP contribution < -0.4 is 5.32 Å². The number of nitrogens with one attached hydrogen (secondary N) is 1. The summed E-state index contributed by atoms with van der Waals surface area (Å²) in [5, 5.41) is 16.7. The Hall–Kier alpha value is -0.870. The summed E-state index contributed by atoms with van der Waals surface area (Å²) in [6.07, 6.45) is 8.44. The molecule has 0 radical (unpaired) electrons. The molecule has 1 aliphatic rings. The zero-order valence-corrected chi connectivity index (χ0v) is 9.24. The molecule has 1 fully saturated rings. The molecule has 1 saturated carbocycles. The second-order valence-corrected chi connectivity index (χ2v) is 4.48. The number of hydrogen-bond acceptors (Lipinski definition) is 3. The monoisotopic (exact) mass is 209 g/mol. The molecule has 0 bridgehead atoms. The zero-order valence-electron chi connectivity index (χ0n) is 9.24. The minimum atomic E-state index is 0.199. The maximum absolute atomic E-state index is 9.01. The second-order valence-electron chi connectivity index (χ2n) is 4.48. The summed E-state index contributed by atoms with van der Waals surface area (Å²) < 4.78 is 1.82. The normalized spacial score (nSPS) is 18.8. The van der Waals surface area contributed by atoms with Gasteiger partial charge in [0.05, 0.1) is 6.20 Å². The first kappa shape index (κ1) is 10.6. The standard InChI is InChI=1S/C11H19N3O/c1-14-9-10(8-13-14)7-12-11(5-6-15)3-2-4-11/h8-9,12,15H,2-7H2,1H3. The van der Waals surface area contributed by atoms with Gasteiger partial charge in [0.2, 0.25) is 0 Å². The lowest BCUT2D eigenvalue weighted by atomic mass is 9.74. The molecule has 1 aromatic rings. The Balaban J connectivity index is 1.86. The number of hydrogen-bond donors (Lipinski definition) is 2. The SMILES string of the molecule is Cn1cc(CNC2(CCO)CCC2)cn1. The molecule has 0 saturated heterocycles. The minimum absolute atomic E-state index is 0.199. The number of aliphatic hydroxyl groups excluding tert-OH is 1. The highest BCUT2D eigenvalue weighted by Crippen LogP contribution is 2.34. The fourth-order valence-corrected chi connectivity index (χ4v) is 2.19. The number of aliphatic hydroxyl groups is 1. The molecule has 2 N–H and O–H groups in total. The molecule has 0 aromatic carbocycles. The molecule has 15 heavy (non-hydrogen) atoms. The Labute approximate surface area is 90.3 Å². The lowest BCUT2D eigenvalue weighted by Crippen LogP contribution is -2.51. The van der Waals surface area contributed by atoms with Crippen LogP contribution >= 0.6 is 0 Å². The summed E-state index contributed by atoms with van der Waals surface area (Å²) in [6, 6.07) is 0. The van der Waals surface area contributed by atoms with Crippen molar-refractivity contribution in [1.82, 2.24) is 15.1 Å². The van der Waals surface area contributed by atoms with Crippen molar-refractivity contribution in [3.63, 3.8) is 0 Å². The molecule has 1 aromatic heterocycles. The fraction of sp³-hybridized carbons (Fsp3) is 0.727. The molecule has 0 spiro atoms. The molecule has 1 aliphatic carbocycles. The average Bonchev–Trinajstić information content (AvgIpc) is 2.56. The summed E-state index contributed by atoms with van der Waals surface area (Å²) >= 11 is 0. The van der Waals surface area contributed by atoms with E-state index >= 15 is 0 Å². The van der Waals surface area contributed by atoms with Crippen molar-refractivity contribution in [1.29, 1.82) is 0 Å². The van der Waals surface area contributed by atoms with Gasteiger partial charge in [0.1, 0.15) is 0 Å². The number of rotatable bonds is 5. The van der Waals surface area contributed by atoms with Crippen molar-refractivity contribution < 1.29 is 5.11 Å². The Bertz CT molecular complexity index is 317. The van der Waals surface area contributed by atoms with Gasteiger partial charge in [-0.25, -0.2) is 0 Å². The number of aryl methyl sites for hydroxylation is 1. The molecule has 4 nitrogen and oxygen atoms in total. The minimum Gasteiger partial charge on any atom is -0.396 e. The van der Waals surface area contributed by atoms with E-state index in [1.165, 1.54) is 24.8 Å². The molecule has 1 heterocycles. The summed E-state index contributed by atoms with van der Waals surface area (Å²) in [5.74, 6) is 0. The van der Waals surface area contributed by atoms with E-state index in [9.17, 15) is 0 Å². The van der Waals surface area contributed by atoms with Crippen LogP contribution in [0.4, 0.5) is 0 Å². The molecule has 0 aliphatic heterocycles. The summed E-state index contributed by atoms with van der Waals surface area (Å²) in [4.78, 5) is 0. The number of aromatic nitrogens is 2. The largest absolute Gasteiger partial charge is 0.396 e. The van der Waals surface area contributed by atoms with Crippen LogP contribution in [-0.4, -0.2) is 27.0 Å². The van der Waals surface area contributed by atoms with Crippen molar-refractivity contribution in [2.24, 2.45) is 7.05 Å².